The summed E-state index contributed by atoms with van der Waals surface area (Å²) >= 11 is 0. The fourth-order valence-electron chi connectivity index (χ4n) is 2.91. The Morgan fingerprint density at radius 2 is 1.53 bits per heavy atom. The third kappa shape index (κ3) is 7.82. The molecule has 12 heteroatoms. The Labute approximate surface area is 168 Å². The summed E-state index contributed by atoms with van der Waals surface area (Å²) in [5, 5.41) is 14.2. The van der Waals surface area contributed by atoms with Crippen molar-refractivity contribution in [1.82, 2.24) is 4.90 Å². The summed E-state index contributed by atoms with van der Waals surface area (Å²) in [7, 11) is 0. The van der Waals surface area contributed by atoms with Gasteiger partial charge in [-0.3, -0.25) is 4.90 Å². The second-order valence-corrected chi connectivity index (χ2v) is 7.33. The smallest absolute Gasteiger partial charge is 0.475 e. The number of benzene rings is 1. The first-order chi connectivity index (χ1) is 13.5. The van der Waals surface area contributed by atoms with E-state index in [9.17, 15) is 26.3 Å². The molecule has 1 aliphatic carbocycles. The first kappa shape index (κ1) is 25.7. The maximum atomic E-state index is 10.6. The van der Waals surface area contributed by atoms with Gasteiger partial charge in [0.25, 0.3) is 0 Å². The zero-order valence-electron chi connectivity index (χ0n) is 16.1. The SMILES string of the molecule is Cc1ccc(CN2CC3CC3(N)C2)cc1C.O=C(O)C(F)(F)F.O=C(O)C(F)(F)F. The molecule has 0 bridgehead atoms. The van der Waals surface area contributed by atoms with Gasteiger partial charge in [0.2, 0.25) is 0 Å². The predicted octanol–water partition coefficient (Wildman–Crippen LogP) is 3.10. The third-order valence-electron chi connectivity index (χ3n) is 4.74. The van der Waals surface area contributed by atoms with Gasteiger partial charge in [-0.2, -0.15) is 26.3 Å². The van der Waals surface area contributed by atoms with Crippen LogP contribution in [0.5, 0.6) is 0 Å². The fraction of sp³-hybridized carbons (Fsp3) is 0.556. The molecule has 1 heterocycles. The van der Waals surface area contributed by atoms with Crippen LogP contribution < -0.4 is 5.73 Å². The molecule has 2 fully saturated rings. The standard InChI is InChI=1S/C14H20N2.2C2HF3O2/c1-10-3-4-12(5-11(10)2)7-16-8-13-6-14(13,15)9-16;2*3-2(4,5)1(6)7/h3-5,13H,6-9,15H2,1-2H3;2*(H,6,7). The molecule has 1 saturated carbocycles. The van der Waals surface area contributed by atoms with Crippen molar-refractivity contribution in [2.75, 3.05) is 13.1 Å². The highest BCUT2D eigenvalue weighted by molar-refractivity contribution is 5.73. The van der Waals surface area contributed by atoms with Crippen LogP contribution in [0.1, 0.15) is 23.1 Å². The molecule has 0 radical (unpaired) electrons. The van der Waals surface area contributed by atoms with Crippen molar-refractivity contribution in [3.8, 4) is 0 Å². The van der Waals surface area contributed by atoms with Gasteiger partial charge in [0.1, 0.15) is 0 Å². The van der Waals surface area contributed by atoms with Crippen molar-refractivity contribution in [1.29, 1.82) is 0 Å². The Kier molecular flexibility index (Phi) is 7.89. The second kappa shape index (κ2) is 9.21. The van der Waals surface area contributed by atoms with Crippen LogP contribution in [0.25, 0.3) is 0 Å². The molecule has 2 aliphatic rings. The van der Waals surface area contributed by atoms with Crippen LogP contribution in [0.15, 0.2) is 18.2 Å². The minimum Gasteiger partial charge on any atom is -0.475 e. The van der Waals surface area contributed by atoms with Gasteiger partial charge in [0, 0.05) is 25.2 Å². The lowest BCUT2D eigenvalue weighted by atomic mass is 10.1. The molecular weight excluding hydrogens is 422 g/mol. The minimum atomic E-state index is -5.08. The Morgan fingerprint density at radius 3 is 1.87 bits per heavy atom. The number of fused-ring (bicyclic) bond motifs is 1. The normalized spacial score (nSPS) is 22.8. The second-order valence-electron chi connectivity index (χ2n) is 7.33. The van der Waals surface area contributed by atoms with Crippen molar-refractivity contribution >= 4 is 11.9 Å². The van der Waals surface area contributed by atoms with Gasteiger partial charge in [-0.15, -0.1) is 0 Å². The summed E-state index contributed by atoms with van der Waals surface area (Å²) in [6.07, 6.45) is -8.92. The van der Waals surface area contributed by atoms with Crippen LogP contribution in [-0.4, -0.2) is 58.0 Å². The van der Waals surface area contributed by atoms with Crippen LogP contribution in [0.3, 0.4) is 0 Å². The van der Waals surface area contributed by atoms with E-state index in [2.05, 4.69) is 36.9 Å². The minimum absolute atomic E-state index is 0.180. The molecule has 2 unspecified atom stereocenters. The largest absolute Gasteiger partial charge is 0.490 e. The Balaban J connectivity index is 0.000000271. The van der Waals surface area contributed by atoms with Gasteiger partial charge < -0.3 is 15.9 Å². The van der Waals surface area contributed by atoms with E-state index < -0.39 is 24.3 Å². The molecule has 1 aromatic rings. The van der Waals surface area contributed by atoms with Gasteiger partial charge in [-0.1, -0.05) is 18.2 Å². The summed E-state index contributed by atoms with van der Waals surface area (Å²) in [6.45, 7) is 7.70. The molecule has 1 aliphatic heterocycles. The average molecular weight is 444 g/mol. The van der Waals surface area contributed by atoms with Crippen LogP contribution in [0.4, 0.5) is 26.3 Å². The van der Waals surface area contributed by atoms with Gasteiger partial charge in [-0.25, -0.2) is 9.59 Å². The Hall–Kier alpha value is -2.34. The highest BCUT2D eigenvalue weighted by Crippen LogP contribution is 2.47. The molecule has 0 amide bonds. The first-order valence-electron chi connectivity index (χ1n) is 8.63. The number of carboxylic acid groups (broad SMARTS) is 2. The van der Waals surface area contributed by atoms with E-state index >= 15 is 0 Å². The van der Waals surface area contributed by atoms with Crippen molar-refractivity contribution < 1.29 is 46.1 Å². The molecule has 30 heavy (non-hydrogen) atoms. The zero-order chi connectivity index (χ0) is 23.5. The number of hydrogen-bond acceptors (Lipinski definition) is 4. The molecule has 1 aromatic carbocycles. The average Bonchev–Trinajstić information content (AvgIpc) is 3.08. The Morgan fingerprint density at radius 1 is 1.07 bits per heavy atom. The Bertz CT molecular complexity index is 757. The monoisotopic (exact) mass is 444 g/mol. The van der Waals surface area contributed by atoms with Crippen LogP contribution in [-0.2, 0) is 16.1 Å². The topological polar surface area (TPSA) is 104 Å². The quantitative estimate of drug-likeness (QED) is 0.606. The highest BCUT2D eigenvalue weighted by atomic mass is 19.4. The number of aliphatic carboxylic acids is 2. The number of carboxylic acids is 2. The van der Waals surface area contributed by atoms with Crippen molar-refractivity contribution in [3.05, 3.63) is 34.9 Å². The molecule has 6 nitrogen and oxygen atoms in total. The summed E-state index contributed by atoms with van der Waals surface area (Å²) in [5.41, 5.74) is 10.6. The molecule has 1 saturated heterocycles. The molecule has 4 N–H and O–H groups in total. The fourth-order valence-corrected chi connectivity index (χ4v) is 2.91. The number of rotatable bonds is 2. The van der Waals surface area contributed by atoms with E-state index in [0.717, 1.165) is 19.0 Å². The zero-order valence-corrected chi connectivity index (χ0v) is 16.1. The number of halogens is 6. The number of likely N-dealkylation sites (tertiary alicyclic amines) is 1. The summed E-state index contributed by atoms with van der Waals surface area (Å²) in [6, 6.07) is 6.78. The molecule has 0 spiro atoms. The van der Waals surface area contributed by atoms with Crippen molar-refractivity contribution in [3.63, 3.8) is 0 Å². The van der Waals surface area contributed by atoms with E-state index in [0.29, 0.717) is 0 Å². The number of carbonyl (C=O) groups is 2. The number of aryl methyl sites for hydroxylation is 2. The van der Waals surface area contributed by atoms with Gasteiger partial charge in [-0.05, 0) is 42.9 Å². The number of alkyl halides is 6. The summed E-state index contributed by atoms with van der Waals surface area (Å²) in [5.74, 6) is -4.74. The maximum absolute atomic E-state index is 10.6. The summed E-state index contributed by atoms with van der Waals surface area (Å²) < 4.78 is 63.5. The first-order valence-corrected chi connectivity index (χ1v) is 8.63. The molecule has 0 aromatic heterocycles. The van der Waals surface area contributed by atoms with Crippen LogP contribution in [0, 0.1) is 19.8 Å². The number of piperidine rings is 1. The van der Waals surface area contributed by atoms with E-state index in [4.69, 9.17) is 25.5 Å². The number of hydrogen-bond donors (Lipinski definition) is 3. The third-order valence-corrected chi connectivity index (χ3v) is 4.74. The molecule has 2 atom stereocenters. The maximum Gasteiger partial charge on any atom is 0.490 e. The van der Waals surface area contributed by atoms with E-state index in [1.807, 2.05) is 0 Å². The van der Waals surface area contributed by atoms with Gasteiger partial charge in [0.15, 0.2) is 0 Å². The molecule has 3 rings (SSSR count). The van der Waals surface area contributed by atoms with Crippen LogP contribution >= 0.6 is 0 Å². The van der Waals surface area contributed by atoms with E-state index in [1.165, 1.54) is 29.7 Å². The lowest BCUT2D eigenvalue weighted by Gasteiger charge is -2.19. The number of nitrogens with zero attached hydrogens (tertiary/aromatic N) is 1. The molecule has 170 valence electrons. The lowest BCUT2D eigenvalue weighted by Crippen LogP contribution is -2.32. The van der Waals surface area contributed by atoms with E-state index in [1.54, 1.807) is 0 Å². The number of nitrogens with two attached hydrogens (primary N) is 1. The molecular formula is C18H22F6N2O4. The lowest BCUT2D eigenvalue weighted by molar-refractivity contribution is -0.193. The van der Waals surface area contributed by atoms with Crippen molar-refractivity contribution in [2.45, 2.75) is 44.7 Å². The van der Waals surface area contributed by atoms with Crippen molar-refractivity contribution in [2.24, 2.45) is 11.7 Å². The van der Waals surface area contributed by atoms with Crippen LogP contribution in [0.2, 0.25) is 0 Å². The van der Waals surface area contributed by atoms with Gasteiger partial charge in [0.05, 0.1) is 0 Å². The summed E-state index contributed by atoms with van der Waals surface area (Å²) in [4.78, 5) is 20.3. The van der Waals surface area contributed by atoms with E-state index in [-0.39, 0.29) is 5.54 Å². The highest BCUT2D eigenvalue weighted by Gasteiger charge is 2.56. The van der Waals surface area contributed by atoms with Gasteiger partial charge >= 0.3 is 24.3 Å². The predicted molar refractivity (Wildman–Crippen MR) is 93.6 cm³/mol.